The Bertz CT molecular complexity index is 290. The van der Waals surface area contributed by atoms with Crippen molar-refractivity contribution in [2.45, 2.75) is 13.0 Å². The molecule has 0 spiro atoms. The van der Waals surface area contributed by atoms with E-state index in [0.717, 1.165) is 5.00 Å². The highest BCUT2D eigenvalue weighted by molar-refractivity contribution is 7.11. The summed E-state index contributed by atoms with van der Waals surface area (Å²) in [7, 11) is 3.24. The minimum atomic E-state index is 0.203. The molecule has 1 heterocycles. The maximum atomic E-state index is 5.60. The predicted octanol–water partition coefficient (Wildman–Crippen LogP) is 1.18. The molecule has 0 saturated heterocycles. The van der Waals surface area contributed by atoms with Crippen molar-refractivity contribution < 1.29 is 9.47 Å². The van der Waals surface area contributed by atoms with Crippen LogP contribution in [0.2, 0.25) is 0 Å². The minimum absolute atomic E-state index is 0.203. The molecule has 1 unspecified atom stereocenters. The van der Waals surface area contributed by atoms with E-state index in [9.17, 15) is 0 Å². The third kappa shape index (κ3) is 2.49. The maximum absolute atomic E-state index is 5.60. The van der Waals surface area contributed by atoms with E-state index in [1.807, 2.05) is 6.92 Å². The van der Waals surface area contributed by atoms with E-state index in [2.05, 4.69) is 9.69 Å². The topological polar surface area (TPSA) is 69.4 Å². The molecule has 0 radical (unpaired) electrons. The number of methoxy groups -OCH3 is 2. The summed E-state index contributed by atoms with van der Waals surface area (Å²) in [5.74, 6) is 1.03. The standard InChI is InChI=1S/C8H15N3O2S/c1-5(4-12-2)10-8-6(13-3)7(9)11-14-8/h5,10H,4H2,1-3H3,(H2,9,11). The van der Waals surface area contributed by atoms with Gasteiger partial charge in [-0.25, -0.2) is 0 Å². The van der Waals surface area contributed by atoms with Gasteiger partial charge in [0.2, 0.25) is 0 Å². The number of nitrogen functional groups attached to an aromatic ring is 1. The average Bonchev–Trinajstić information content (AvgIpc) is 2.47. The lowest BCUT2D eigenvalue weighted by Gasteiger charge is -2.12. The van der Waals surface area contributed by atoms with Crippen LogP contribution in [-0.2, 0) is 4.74 Å². The van der Waals surface area contributed by atoms with E-state index < -0.39 is 0 Å². The van der Waals surface area contributed by atoms with Crippen LogP contribution in [0.3, 0.4) is 0 Å². The van der Waals surface area contributed by atoms with Gasteiger partial charge in [-0.05, 0) is 18.5 Å². The van der Waals surface area contributed by atoms with Crippen LogP contribution in [0, 0.1) is 0 Å². The highest BCUT2D eigenvalue weighted by Gasteiger charge is 2.13. The lowest BCUT2D eigenvalue weighted by molar-refractivity contribution is 0.190. The van der Waals surface area contributed by atoms with Crippen LogP contribution < -0.4 is 15.8 Å². The van der Waals surface area contributed by atoms with Gasteiger partial charge in [-0.3, -0.25) is 0 Å². The summed E-state index contributed by atoms with van der Waals surface area (Å²) in [5, 5.41) is 4.05. The van der Waals surface area contributed by atoms with Gasteiger partial charge in [0, 0.05) is 13.2 Å². The van der Waals surface area contributed by atoms with Gasteiger partial charge >= 0.3 is 0 Å². The van der Waals surface area contributed by atoms with Gasteiger partial charge in [0.1, 0.15) is 0 Å². The normalized spacial score (nSPS) is 12.5. The molecule has 1 aromatic rings. The van der Waals surface area contributed by atoms with Gasteiger partial charge < -0.3 is 20.5 Å². The lowest BCUT2D eigenvalue weighted by atomic mass is 10.3. The number of aromatic nitrogens is 1. The molecule has 1 rings (SSSR count). The first-order valence-corrected chi connectivity index (χ1v) is 5.01. The largest absolute Gasteiger partial charge is 0.490 e. The Hall–Kier alpha value is -1.01. The number of ether oxygens (including phenoxy) is 2. The maximum Gasteiger partial charge on any atom is 0.197 e. The molecule has 0 bridgehead atoms. The molecule has 0 aromatic carbocycles. The minimum Gasteiger partial charge on any atom is -0.490 e. The van der Waals surface area contributed by atoms with E-state index in [0.29, 0.717) is 18.2 Å². The van der Waals surface area contributed by atoms with Crippen LogP contribution >= 0.6 is 11.5 Å². The van der Waals surface area contributed by atoms with Gasteiger partial charge in [-0.2, -0.15) is 4.37 Å². The zero-order chi connectivity index (χ0) is 10.6. The fourth-order valence-electron chi connectivity index (χ4n) is 1.10. The summed E-state index contributed by atoms with van der Waals surface area (Å²) < 4.78 is 14.1. The first kappa shape index (κ1) is 11.1. The first-order chi connectivity index (χ1) is 6.69. The van der Waals surface area contributed by atoms with E-state index in [1.165, 1.54) is 11.5 Å². The molecule has 0 fully saturated rings. The van der Waals surface area contributed by atoms with E-state index in [1.54, 1.807) is 14.2 Å². The van der Waals surface area contributed by atoms with Crippen molar-refractivity contribution >= 4 is 22.4 Å². The number of rotatable bonds is 5. The quantitative estimate of drug-likeness (QED) is 0.775. The molecular formula is C8H15N3O2S. The van der Waals surface area contributed by atoms with Crippen LogP contribution in [0.25, 0.3) is 0 Å². The molecule has 0 aliphatic heterocycles. The molecule has 1 atom stereocenters. The van der Waals surface area contributed by atoms with Crippen molar-refractivity contribution in [2.75, 3.05) is 31.9 Å². The van der Waals surface area contributed by atoms with Gasteiger partial charge in [0.05, 0.1) is 13.7 Å². The Morgan fingerprint density at radius 2 is 2.29 bits per heavy atom. The van der Waals surface area contributed by atoms with Crippen LogP contribution in [-0.4, -0.2) is 31.2 Å². The molecule has 5 nitrogen and oxygen atoms in total. The molecule has 0 saturated carbocycles. The molecule has 3 N–H and O–H groups in total. The Morgan fingerprint density at radius 3 is 2.86 bits per heavy atom. The molecule has 1 aromatic heterocycles. The number of nitrogens with two attached hydrogens (primary N) is 1. The number of nitrogens with zero attached hydrogens (tertiary/aromatic N) is 1. The highest BCUT2D eigenvalue weighted by Crippen LogP contribution is 2.34. The zero-order valence-electron chi connectivity index (χ0n) is 8.53. The highest BCUT2D eigenvalue weighted by atomic mass is 32.1. The van der Waals surface area contributed by atoms with Crippen molar-refractivity contribution in [1.29, 1.82) is 0 Å². The van der Waals surface area contributed by atoms with Crippen LogP contribution in [0.15, 0.2) is 0 Å². The van der Waals surface area contributed by atoms with Gasteiger partial charge in [0.25, 0.3) is 0 Å². The average molecular weight is 217 g/mol. The first-order valence-electron chi connectivity index (χ1n) is 4.23. The van der Waals surface area contributed by atoms with Gasteiger partial charge in [-0.1, -0.05) is 0 Å². The van der Waals surface area contributed by atoms with Crippen molar-refractivity contribution in [2.24, 2.45) is 0 Å². The number of hydrogen-bond acceptors (Lipinski definition) is 6. The van der Waals surface area contributed by atoms with Crippen molar-refractivity contribution in [3.63, 3.8) is 0 Å². The second-order valence-electron chi connectivity index (χ2n) is 2.93. The van der Waals surface area contributed by atoms with Crippen LogP contribution in [0.4, 0.5) is 10.8 Å². The molecule has 14 heavy (non-hydrogen) atoms. The molecule has 6 heteroatoms. The summed E-state index contributed by atoms with van der Waals surface area (Å²) in [6, 6.07) is 0.203. The smallest absolute Gasteiger partial charge is 0.197 e. The molecule has 0 amide bonds. The number of hydrogen-bond donors (Lipinski definition) is 2. The van der Waals surface area contributed by atoms with E-state index in [4.69, 9.17) is 15.2 Å². The summed E-state index contributed by atoms with van der Waals surface area (Å²) in [4.78, 5) is 0. The van der Waals surface area contributed by atoms with Crippen molar-refractivity contribution in [1.82, 2.24) is 4.37 Å². The summed E-state index contributed by atoms with van der Waals surface area (Å²) in [5.41, 5.74) is 5.60. The number of nitrogens with one attached hydrogen (secondary N) is 1. The third-order valence-electron chi connectivity index (χ3n) is 1.67. The van der Waals surface area contributed by atoms with Gasteiger partial charge in [-0.15, -0.1) is 0 Å². The molecule has 0 aliphatic carbocycles. The van der Waals surface area contributed by atoms with Gasteiger partial charge in [0.15, 0.2) is 16.6 Å². The Morgan fingerprint density at radius 1 is 1.57 bits per heavy atom. The summed E-state index contributed by atoms with van der Waals surface area (Å²) in [6.07, 6.45) is 0. The third-order valence-corrected chi connectivity index (χ3v) is 2.45. The lowest BCUT2D eigenvalue weighted by Crippen LogP contribution is -2.20. The Kier molecular flexibility index (Phi) is 3.97. The second kappa shape index (κ2) is 5.02. The molecule has 80 valence electrons. The summed E-state index contributed by atoms with van der Waals surface area (Å²) >= 11 is 1.29. The predicted molar refractivity (Wildman–Crippen MR) is 58.0 cm³/mol. The van der Waals surface area contributed by atoms with Crippen molar-refractivity contribution in [3.05, 3.63) is 0 Å². The zero-order valence-corrected chi connectivity index (χ0v) is 9.35. The second-order valence-corrected chi connectivity index (χ2v) is 3.70. The Labute approximate surface area is 87.4 Å². The monoisotopic (exact) mass is 217 g/mol. The molecule has 0 aliphatic rings. The van der Waals surface area contributed by atoms with Crippen molar-refractivity contribution in [3.8, 4) is 5.75 Å². The summed E-state index contributed by atoms with van der Waals surface area (Å²) in [6.45, 7) is 2.64. The Balaban J connectivity index is 2.66. The number of anilines is 2. The fourth-order valence-corrected chi connectivity index (χ4v) is 1.90. The molecular weight excluding hydrogens is 202 g/mol. The van der Waals surface area contributed by atoms with Crippen LogP contribution in [0.5, 0.6) is 5.75 Å². The van der Waals surface area contributed by atoms with E-state index >= 15 is 0 Å². The van der Waals surface area contributed by atoms with E-state index in [-0.39, 0.29) is 6.04 Å². The fraction of sp³-hybridized carbons (Fsp3) is 0.625. The van der Waals surface area contributed by atoms with Crippen LogP contribution in [0.1, 0.15) is 6.92 Å². The SMILES string of the molecule is COCC(C)Nc1snc(N)c1OC.